The molecule has 3 rings (SSSR count). The topological polar surface area (TPSA) is 69.0 Å². The Morgan fingerprint density at radius 2 is 2.15 bits per heavy atom. The highest BCUT2D eigenvalue weighted by atomic mass is 35.5. The SMILES string of the molecule is COc1ccc(Cl)cc1C(=O)NCCc1csc(-n2nc(C)cc2C)n1. The van der Waals surface area contributed by atoms with E-state index in [2.05, 4.69) is 15.4 Å². The van der Waals surface area contributed by atoms with Crippen LogP contribution in [0.2, 0.25) is 5.02 Å². The number of rotatable bonds is 6. The van der Waals surface area contributed by atoms with Crippen LogP contribution in [0.5, 0.6) is 5.75 Å². The monoisotopic (exact) mass is 390 g/mol. The number of nitrogens with zero attached hydrogens (tertiary/aromatic N) is 3. The van der Waals surface area contributed by atoms with E-state index in [0.29, 0.717) is 29.3 Å². The van der Waals surface area contributed by atoms with Crippen molar-refractivity contribution in [3.05, 3.63) is 57.3 Å². The molecule has 2 aromatic heterocycles. The molecule has 8 heteroatoms. The van der Waals surface area contributed by atoms with Crippen LogP contribution in [0.1, 0.15) is 27.4 Å². The molecule has 136 valence electrons. The fourth-order valence-corrected chi connectivity index (χ4v) is 3.63. The molecule has 0 spiro atoms. The van der Waals surface area contributed by atoms with Crippen molar-refractivity contribution in [1.82, 2.24) is 20.1 Å². The van der Waals surface area contributed by atoms with Gasteiger partial charge in [-0.3, -0.25) is 4.79 Å². The van der Waals surface area contributed by atoms with E-state index in [1.807, 2.05) is 30.0 Å². The van der Waals surface area contributed by atoms with Crippen LogP contribution >= 0.6 is 22.9 Å². The van der Waals surface area contributed by atoms with Gasteiger partial charge in [0.05, 0.1) is 24.1 Å². The molecular formula is C18H19ClN4O2S. The minimum absolute atomic E-state index is 0.224. The molecule has 0 bridgehead atoms. The summed E-state index contributed by atoms with van der Waals surface area (Å²) >= 11 is 7.50. The third-order valence-electron chi connectivity index (χ3n) is 3.80. The van der Waals surface area contributed by atoms with Gasteiger partial charge in [0.15, 0.2) is 0 Å². The zero-order chi connectivity index (χ0) is 18.7. The first-order chi connectivity index (χ1) is 12.5. The molecule has 0 atom stereocenters. The summed E-state index contributed by atoms with van der Waals surface area (Å²) in [7, 11) is 1.52. The molecular weight excluding hydrogens is 372 g/mol. The highest BCUT2D eigenvalue weighted by Gasteiger charge is 2.13. The van der Waals surface area contributed by atoms with E-state index in [-0.39, 0.29) is 5.91 Å². The fourth-order valence-electron chi connectivity index (χ4n) is 2.59. The number of methoxy groups -OCH3 is 1. The first-order valence-electron chi connectivity index (χ1n) is 8.07. The summed E-state index contributed by atoms with van der Waals surface area (Å²) in [6.45, 7) is 4.42. The van der Waals surface area contributed by atoms with Crippen LogP contribution in [0.4, 0.5) is 0 Å². The second-order valence-corrected chi connectivity index (χ2v) is 7.08. The molecule has 0 saturated carbocycles. The summed E-state index contributed by atoms with van der Waals surface area (Å²) in [5, 5.41) is 10.6. The lowest BCUT2D eigenvalue weighted by atomic mass is 10.2. The third-order valence-corrected chi connectivity index (χ3v) is 4.90. The maximum Gasteiger partial charge on any atom is 0.255 e. The number of amides is 1. The molecule has 0 aliphatic heterocycles. The Hall–Kier alpha value is -2.38. The number of nitrogens with one attached hydrogen (secondary N) is 1. The van der Waals surface area contributed by atoms with Crippen LogP contribution in [-0.2, 0) is 6.42 Å². The highest BCUT2D eigenvalue weighted by Crippen LogP contribution is 2.22. The van der Waals surface area contributed by atoms with Crippen LogP contribution in [-0.4, -0.2) is 34.3 Å². The van der Waals surface area contributed by atoms with E-state index < -0.39 is 0 Å². The molecule has 3 aromatic rings. The second kappa shape index (κ2) is 7.88. The van der Waals surface area contributed by atoms with Gasteiger partial charge in [0.2, 0.25) is 5.13 Å². The lowest BCUT2D eigenvalue weighted by molar-refractivity contribution is 0.0951. The van der Waals surface area contributed by atoms with Crippen molar-refractivity contribution >= 4 is 28.8 Å². The average molecular weight is 391 g/mol. The number of carbonyl (C=O) groups excluding carboxylic acids is 1. The van der Waals surface area contributed by atoms with Crippen molar-refractivity contribution in [2.45, 2.75) is 20.3 Å². The first-order valence-corrected chi connectivity index (χ1v) is 9.33. The van der Waals surface area contributed by atoms with Crippen LogP contribution in [0.15, 0.2) is 29.6 Å². The summed E-state index contributed by atoms with van der Waals surface area (Å²) in [5.74, 6) is 0.269. The molecule has 26 heavy (non-hydrogen) atoms. The van der Waals surface area contributed by atoms with E-state index >= 15 is 0 Å². The first kappa shape index (κ1) is 18.4. The maximum absolute atomic E-state index is 12.4. The van der Waals surface area contributed by atoms with E-state index in [1.165, 1.54) is 18.4 Å². The molecule has 2 heterocycles. The Morgan fingerprint density at radius 3 is 2.85 bits per heavy atom. The standard InChI is InChI=1S/C18H19ClN4O2S/c1-11-8-12(2)23(22-11)18-21-14(10-26-18)6-7-20-17(24)15-9-13(19)4-5-16(15)25-3/h4-5,8-10H,6-7H2,1-3H3,(H,20,24). The van der Waals surface area contributed by atoms with Crippen molar-refractivity contribution in [2.24, 2.45) is 0 Å². The summed E-state index contributed by atoms with van der Waals surface area (Å²) in [5.41, 5.74) is 3.34. The summed E-state index contributed by atoms with van der Waals surface area (Å²) in [4.78, 5) is 17.0. The summed E-state index contributed by atoms with van der Waals surface area (Å²) in [6.07, 6.45) is 0.629. The second-order valence-electron chi connectivity index (χ2n) is 5.81. The van der Waals surface area contributed by atoms with Crippen LogP contribution in [0, 0.1) is 13.8 Å². The number of carbonyl (C=O) groups is 1. The van der Waals surface area contributed by atoms with E-state index in [0.717, 1.165) is 22.2 Å². The van der Waals surface area contributed by atoms with Crippen LogP contribution < -0.4 is 10.1 Å². The molecule has 1 N–H and O–H groups in total. The van der Waals surface area contributed by atoms with E-state index in [4.69, 9.17) is 16.3 Å². The fraction of sp³-hybridized carbons (Fsp3) is 0.278. The molecule has 0 fully saturated rings. The molecule has 0 saturated heterocycles. The quantitative estimate of drug-likeness (QED) is 0.698. The number of hydrogen-bond donors (Lipinski definition) is 1. The zero-order valence-corrected chi connectivity index (χ0v) is 16.3. The predicted molar refractivity (Wildman–Crippen MR) is 103 cm³/mol. The zero-order valence-electron chi connectivity index (χ0n) is 14.7. The molecule has 0 aliphatic carbocycles. The number of hydrogen-bond acceptors (Lipinski definition) is 5. The van der Waals surface area contributed by atoms with Crippen molar-refractivity contribution < 1.29 is 9.53 Å². The van der Waals surface area contributed by atoms with Crippen LogP contribution in [0.25, 0.3) is 5.13 Å². The summed E-state index contributed by atoms with van der Waals surface area (Å²) in [6, 6.07) is 6.98. The van der Waals surface area contributed by atoms with Gasteiger partial charge in [0, 0.05) is 29.1 Å². The van der Waals surface area contributed by atoms with Crippen molar-refractivity contribution in [2.75, 3.05) is 13.7 Å². The van der Waals surface area contributed by atoms with Gasteiger partial charge in [0.25, 0.3) is 5.91 Å². The minimum Gasteiger partial charge on any atom is -0.496 e. The molecule has 6 nitrogen and oxygen atoms in total. The van der Waals surface area contributed by atoms with Gasteiger partial charge in [0.1, 0.15) is 5.75 Å². The Labute approximate surface area is 160 Å². The Bertz CT molecular complexity index is 935. The highest BCUT2D eigenvalue weighted by molar-refractivity contribution is 7.12. The van der Waals surface area contributed by atoms with Crippen molar-refractivity contribution in [3.63, 3.8) is 0 Å². The molecule has 1 amide bonds. The van der Waals surface area contributed by atoms with Crippen molar-refractivity contribution in [1.29, 1.82) is 0 Å². The van der Waals surface area contributed by atoms with Crippen molar-refractivity contribution in [3.8, 4) is 10.9 Å². The number of aromatic nitrogens is 3. The normalized spacial score (nSPS) is 10.8. The van der Waals surface area contributed by atoms with Gasteiger partial charge >= 0.3 is 0 Å². The summed E-state index contributed by atoms with van der Waals surface area (Å²) < 4.78 is 7.04. The Morgan fingerprint density at radius 1 is 1.35 bits per heavy atom. The van der Waals surface area contributed by atoms with Crippen LogP contribution in [0.3, 0.4) is 0 Å². The van der Waals surface area contributed by atoms with Gasteiger partial charge in [-0.15, -0.1) is 11.3 Å². The van der Waals surface area contributed by atoms with E-state index in [1.54, 1.807) is 18.2 Å². The molecule has 0 unspecified atom stereocenters. The Balaban J connectivity index is 1.61. The number of aryl methyl sites for hydroxylation is 2. The largest absolute Gasteiger partial charge is 0.496 e. The number of thiazole rings is 1. The Kier molecular flexibility index (Phi) is 5.58. The number of halogens is 1. The van der Waals surface area contributed by atoms with Gasteiger partial charge in [-0.05, 0) is 38.1 Å². The molecule has 0 aliphatic rings. The molecule has 1 aromatic carbocycles. The van der Waals surface area contributed by atoms with E-state index in [9.17, 15) is 4.79 Å². The lowest BCUT2D eigenvalue weighted by Crippen LogP contribution is -2.26. The average Bonchev–Trinajstić information content (AvgIpc) is 3.20. The lowest BCUT2D eigenvalue weighted by Gasteiger charge is -2.09. The predicted octanol–water partition coefficient (Wildman–Crippen LogP) is 3.58. The third kappa shape index (κ3) is 4.05. The number of benzene rings is 1. The molecule has 0 radical (unpaired) electrons. The number of ether oxygens (including phenoxy) is 1. The minimum atomic E-state index is -0.224. The smallest absolute Gasteiger partial charge is 0.255 e. The van der Waals surface area contributed by atoms with Gasteiger partial charge < -0.3 is 10.1 Å². The van der Waals surface area contributed by atoms with Gasteiger partial charge in [-0.2, -0.15) is 5.10 Å². The maximum atomic E-state index is 12.4. The van der Waals surface area contributed by atoms with Gasteiger partial charge in [-0.1, -0.05) is 11.6 Å². The van der Waals surface area contributed by atoms with Gasteiger partial charge in [-0.25, -0.2) is 9.67 Å².